The molecular weight excluding hydrogens is 376 g/mol. The second kappa shape index (κ2) is 8.64. The average molecular weight is 398 g/mol. The number of piperazine rings is 1. The van der Waals surface area contributed by atoms with E-state index < -0.39 is 5.97 Å². The highest BCUT2D eigenvalue weighted by Gasteiger charge is 2.26. The van der Waals surface area contributed by atoms with Gasteiger partial charge in [-0.1, -0.05) is 6.07 Å². The van der Waals surface area contributed by atoms with Gasteiger partial charge in [0.15, 0.2) is 0 Å². The monoisotopic (exact) mass is 398 g/mol. The number of methoxy groups -OCH3 is 2. The van der Waals surface area contributed by atoms with Gasteiger partial charge in [-0.2, -0.15) is 0 Å². The Morgan fingerprint density at radius 3 is 1.72 bits per heavy atom. The zero-order valence-electron chi connectivity index (χ0n) is 16.3. The fourth-order valence-corrected chi connectivity index (χ4v) is 3.19. The summed E-state index contributed by atoms with van der Waals surface area (Å²) in [6.07, 6.45) is 0. The molecule has 1 saturated heterocycles. The molecule has 1 N–H and O–H groups in total. The zero-order valence-corrected chi connectivity index (χ0v) is 16.3. The third kappa shape index (κ3) is 4.48. The van der Waals surface area contributed by atoms with Crippen LogP contribution in [-0.2, 0) is 0 Å². The second-order valence-electron chi connectivity index (χ2n) is 6.57. The van der Waals surface area contributed by atoms with Gasteiger partial charge in [-0.05, 0) is 30.3 Å². The lowest BCUT2D eigenvalue weighted by molar-refractivity contribution is 0.0535. The minimum absolute atomic E-state index is 0.0663. The number of carbonyl (C=O) groups is 3. The molecular formula is C21H22N2O6. The van der Waals surface area contributed by atoms with Gasteiger partial charge in [0.25, 0.3) is 11.8 Å². The van der Waals surface area contributed by atoms with Crippen molar-refractivity contribution in [3.63, 3.8) is 0 Å². The van der Waals surface area contributed by atoms with Gasteiger partial charge >= 0.3 is 5.97 Å². The van der Waals surface area contributed by atoms with E-state index in [0.29, 0.717) is 48.8 Å². The summed E-state index contributed by atoms with van der Waals surface area (Å²) < 4.78 is 10.4. The summed E-state index contributed by atoms with van der Waals surface area (Å²) in [6.45, 7) is 1.48. The number of carbonyl (C=O) groups excluding carboxylic acids is 2. The fraction of sp³-hybridized carbons (Fsp3) is 0.286. The molecule has 2 amide bonds. The van der Waals surface area contributed by atoms with Crippen LogP contribution in [0.15, 0.2) is 42.5 Å². The van der Waals surface area contributed by atoms with E-state index in [9.17, 15) is 14.4 Å². The summed E-state index contributed by atoms with van der Waals surface area (Å²) in [4.78, 5) is 39.9. The predicted octanol–water partition coefficient (Wildman–Crippen LogP) is 2.00. The van der Waals surface area contributed by atoms with E-state index in [4.69, 9.17) is 14.6 Å². The Labute approximate surface area is 168 Å². The molecule has 0 saturated carbocycles. The van der Waals surface area contributed by atoms with Gasteiger partial charge in [0.05, 0.1) is 19.8 Å². The Hall–Kier alpha value is -3.55. The molecule has 0 bridgehead atoms. The van der Waals surface area contributed by atoms with E-state index in [1.807, 2.05) is 0 Å². The number of hydrogen-bond donors (Lipinski definition) is 1. The van der Waals surface area contributed by atoms with Crippen LogP contribution in [0.2, 0.25) is 0 Å². The average Bonchev–Trinajstić information content (AvgIpc) is 2.77. The summed E-state index contributed by atoms with van der Waals surface area (Å²) >= 11 is 0. The molecule has 0 radical (unpaired) electrons. The molecule has 152 valence electrons. The SMILES string of the molecule is COc1cc(OC)cc(C(=O)N2CCN(C(=O)c3cccc(C(=O)O)c3)CC2)c1. The number of carboxylic acid groups (broad SMARTS) is 1. The highest BCUT2D eigenvalue weighted by atomic mass is 16.5. The van der Waals surface area contributed by atoms with E-state index in [2.05, 4.69) is 0 Å². The standard InChI is InChI=1S/C21H22N2O6/c1-28-17-11-16(12-18(13-17)29-2)20(25)23-8-6-22(7-9-23)19(24)14-4-3-5-15(10-14)21(26)27/h3-5,10-13H,6-9H2,1-2H3,(H,26,27). The van der Waals surface area contributed by atoms with E-state index in [-0.39, 0.29) is 17.4 Å². The van der Waals surface area contributed by atoms with Crippen molar-refractivity contribution >= 4 is 17.8 Å². The smallest absolute Gasteiger partial charge is 0.335 e. The summed E-state index contributed by atoms with van der Waals surface area (Å²) in [7, 11) is 3.04. The normalized spacial score (nSPS) is 13.7. The van der Waals surface area contributed by atoms with E-state index >= 15 is 0 Å². The molecule has 2 aromatic rings. The van der Waals surface area contributed by atoms with Crippen LogP contribution in [0.3, 0.4) is 0 Å². The van der Waals surface area contributed by atoms with E-state index in [1.165, 1.54) is 26.4 Å². The Morgan fingerprint density at radius 2 is 1.24 bits per heavy atom. The van der Waals surface area contributed by atoms with Crippen LogP contribution in [0.1, 0.15) is 31.1 Å². The van der Waals surface area contributed by atoms with Crippen molar-refractivity contribution in [1.29, 1.82) is 0 Å². The number of aromatic carboxylic acids is 1. The maximum absolute atomic E-state index is 12.8. The molecule has 0 atom stereocenters. The van der Waals surface area contributed by atoms with Crippen LogP contribution >= 0.6 is 0 Å². The molecule has 3 rings (SSSR count). The van der Waals surface area contributed by atoms with Crippen molar-refractivity contribution < 1.29 is 29.0 Å². The van der Waals surface area contributed by atoms with Crippen LogP contribution in [0, 0.1) is 0 Å². The number of carboxylic acids is 1. The zero-order chi connectivity index (χ0) is 21.0. The lowest BCUT2D eigenvalue weighted by Crippen LogP contribution is -2.50. The van der Waals surface area contributed by atoms with Gasteiger partial charge in [0, 0.05) is 43.4 Å². The van der Waals surface area contributed by atoms with Gasteiger partial charge < -0.3 is 24.4 Å². The first-order valence-electron chi connectivity index (χ1n) is 9.08. The van der Waals surface area contributed by atoms with Crippen molar-refractivity contribution in [2.45, 2.75) is 0 Å². The summed E-state index contributed by atoms with van der Waals surface area (Å²) in [6, 6.07) is 10.9. The number of nitrogens with zero attached hydrogens (tertiary/aromatic N) is 2. The molecule has 1 aliphatic rings. The largest absolute Gasteiger partial charge is 0.497 e. The number of ether oxygens (including phenoxy) is 2. The molecule has 0 aliphatic carbocycles. The highest BCUT2D eigenvalue weighted by Crippen LogP contribution is 2.24. The van der Waals surface area contributed by atoms with E-state index in [0.717, 1.165) is 0 Å². The van der Waals surface area contributed by atoms with Gasteiger partial charge in [0.2, 0.25) is 0 Å². The van der Waals surface area contributed by atoms with E-state index in [1.54, 1.807) is 40.1 Å². The van der Waals surface area contributed by atoms with Crippen LogP contribution in [0.4, 0.5) is 0 Å². The molecule has 8 heteroatoms. The molecule has 1 heterocycles. The first-order valence-corrected chi connectivity index (χ1v) is 9.08. The first kappa shape index (κ1) is 20.2. The summed E-state index contributed by atoms with van der Waals surface area (Å²) in [5, 5.41) is 9.09. The minimum Gasteiger partial charge on any atom is -0.497 e. The molecule has 8 nitrogen and oxygen atoms in total. The molecule has 0 unspecified atom stereocenters. The minimum atomic E-state index is -1.08. The molecule has 1 aliphatic heterocycles. The van der Waals surface area contributed by atoms with Crippen LogP contribution in [0.25, 0.3) is 0 Å². The topological polar surface area (TPSA) is 96.4 Å². The Morgan fingerprint density at radius 1 is 0.759 bits per heavy atom. The van der Waals surface area contributed by atoms with Crippen molar-refractivity contribution in [1.82, 2.24) is 9.80 Å². The lowest BCUT2D eigenvalue weighted by atomic mass is 10.1. The third-order valence-corrected chi connectivity index (χ3v) is 4.81. The first-order chi connectivity index (χ1) is 13.9. The molecule has 0 aromatic heterocycles. The van der Waals surface area contributed by atoms with Crippen molar-refractivity contribution in [3.05, 3.63) is 59.2 Å². The summed E-state index contributed by atoms with van der Waals surface area (Å²) in [5.41, 5.74) is 0.842. The molecule has 1 fully saturated rings. The van der Waals surface area contributed by atoms with Crippen LogP contribution in [0.5, 0.6) is 11.5 Å². The number of hydrogen-bond acceptors (Lipinski definition) is 5. The maximum Gasteiger partial charge on any atom is 0.335 e. The van der Waals surface area contributed by atoms with Crippen LogP contribution < -0.4 is 9.47 Å². The Balaban J connectivity index is 1.67. The van der Waals surface area contributed by atoms with Crippen molar-refractivity contribution in [3.8, 4) is 11.5 Å². The predicted molar refractivity (Wildman–Crippen MR) is 105 cm³/mol. The Bertz CT molecular complexity index is 912. The van der Waals surface area contributed by atoms with Gasteiger partial charge in [-0.3, -0.25) is 9.59 Å². The lowest BCUT2D eigenvalue weighted by Gasteiger charge is -2.35. The fourth-order valence-electron chi connectivity index (χ4n) is 3.19. The quantitative estimate of drug-likeness (QED) is 0.828. The van der Waals surface area contributed by atoms with Gasteiger partial charge in [0.1, 0.15) is 11.5 Å². The number of benzene rings is 2. The molecule has 29 heavy (non-hydrogen) atoms. The van der Waals surface area contributed by atoms with Crippen molar-refractivity contribution in [2.24, 2.45) is 0 Å². The van der Waals surface area contributed by atoms with Crippen molar-refractivity contribution in [2.75, 3.05) is 40.4 Å². The molecule has 2 aromatic carbocycles. The summed E-state index contributed by atoms with van der Waals surface area (Å²) in [5.74, 6) is -0.436. The highest BCUT2D eigenvalue weighted by molar-refractivity contribution is 5.98. The maximum atomic E-state index is 12.8. The molecule has 0 spiro atoms. The third-order valence-electron chi connectivity index (χ3n) is 4.81. The number of rotatable bonds is 5. The second-order valence-corrected chi connectivity index (χ2v) is 6.57. The van der Waals surface area contributed by atoms with Gasteiger partial charge in [-0.15, -0.1) is 0 Å². The van der Waals surface area contributed by atoms with Crippen LogP contribution in [-0.4, -0.2) is 73.1 Å². The Kier molecular flexibility index (Phi) is 6.01. The van der Waals surface area contributed by atoms with Gasteiger partial charge in [-0.25, -0.2) is 4.79 Å². The number of amides is 2.